The first-order chi connectivity index (χ1) is 7.52. The Morgan fingerprint density at radius 1 is 1.00 bits per heavy atom. The highest BCUT2D eigenvalue weighted by Gasteiger charge is 2.37. The molecule has 0 spiro atoms. The largest absolute Gasteiger partial charge is 0.299 e. The zero-order chi connectivity index (χ0) is 11.9. The molecule has 0 radical (unpaired) electrons. The molecule has 0 heterocycles. The highest BCUT2D eigenvalue weighted by Crippen LogP contribution is 2.47. The SMILES string of the molecule is CC1=C(C)C2CCC(C)C(=O)CCC2C1C. The molecule has 90 valence electrons. The van der Waals surface area contributed by atoms with E-state index in [2.05, 4.69) is 27.7 Å². The van der Waals surface area contributed by atoms with Gasteiger partial charge in [-0.3, -0.25) is 4.79 Å². The molecule has 0 aromatic heterocycles. The van der Waals surface area contributed by atoms with Crippen molar-refractivity contribution >= 4 is 5.78 Å². The molecule has 0 saturated heterocycles. The summed E-state index contributed by atoms with van der Waals surface area (Å²) in [5, 5.41) is 0. The van der Waals surface area contributed by atoms with Gasteiger partial charge in [0.1, 0.15) is 5.78 Å². The zero-order valence-electron chi connectivity index (χ0n) is 11.0. The summed E-state index contributed by atoms with van der Waals surface area (Å²) in [7, 11) is 0. The number of fused-ring (bicyclic) bond motifs is 1. The fraction of sp³-hybridized carbons (Fsp3) is 0.800. The van der Waals surface area contributed by atoms with Crippen LogP contribution in [0.4, 0.5) is 0 Å². The van der Waals surface area contributed by atoms with E-state index in [1.165, 1.54) is 6.42 Å². The molecule has 1 saturated carbocycles. The van der Waals surface area contributed by atoms with Crippen molar-refractivity contribution in [3.63, 3.8) is 0 Å². The predicted molar refractivity (Wildman–Crippen MR) is 67.2 cm³/mol. The van der Waals surface area contributed by atoms with Crippen molar-refractivity contribution in [2.45, 2.75) is 53.4 Å². The van der Waals surface area contributed by atoms with Crippen LogP contribution >= 0.6 is 0 Å². The molecule has 16 heavy (non-hydrogen) atoms. The van der Waals surface area contributed by atoms with E-state index in [0.717, 1.165) is 31.1 Å². The summed E-state index contributed by atoms with van der Waals surface area (Å²) in [6.45, 7) is 9.05. The van der Waals surface area contributed by atoms with Crippen molar-refractivity contribution < 1.29 is 4.79 Å². The highest BCUT2D eigenvalue weighted by molar-refractivity contribution is 5.80. The van der Waals surface area contributed by atoms with E-state index in [0.29, 0.717) is 17.6 Å². The quantitative estimate of drug-likeness (QED) is 0.564. The molecule has 4 atom stereocenters. The Morgan fingerprint density at radius 2 is 1.69 bits per heavy atom. The molecule has 1 fully saturated rings. The normalized spacial score (nSPS) is 40.6. The van der Waals surface area contributed by atoms with Gasteiger partial charge in [0.05, 0.1) is 0 Å². The van der Waals surface area contributed by atoms with Crippen LogP contribution in [0.2, 0.25) is 0 Å². The number of carbonyl (C=O) groups excluding carboxylic acids is 1. The van der Waals surface area contributed by atoms with Crippen molar-refractivity contribution in [2.24, 2.45) is 23.7 Å². The monoisotopic (exact) mass is 220 g/mol. The lowest BCUT2D eigenvalue weighted by atomic mass is 9.76. The molecule has 0 bridgehead atoms. The Bertz CT molecular complexity index is 326. The fourth-order valence-electron chi connectivity index (χ4n) is 3.67. The van der Waals surface area contributed by atoms with E-state index in [1.807, 2.05) is 0 Å². The van der Waals surface area contributed by atoms with Crippen molar-refractivity contribution in [1.82, 2.24) is 0 Å². The summed E-state index contributed by atoms with van der Waals surface area (Å²) < 4.78 is 0. The summed E-state index contributed by atoms with van der Waals surface area (Å²) in [5.41, 5.74) is 3.22. The average Bonchev–Trinajstić information content (AvgIpc) is 2.45. The maximum Gasteiger partial charge on any atom is 0.135 e. The molecule has 2 aliphatic rings. The first-order valence-corrected chi connectivity index (χ1v) is 6.72. The number of allylic oxidation sites excluding steroid dienone is 2. The van der Waals surface area contributed by atoms with Gasteiger partial charge in [-0.25, -0.2) is 0 Å². The summed E-state index contributed by atoms with van der Waals surface area (Å²) in [6, 6.07) is 0. The number of Topliss-reactive ketones (excluding diaryl/α,β-unsaturated/α-hetero) is 1. The van der Waals surface area contributed by atoms with Gasteiger partial charge in [0.15, 0.2) is 0 Å². The van der Waals surface area contributed by atoms with Gasteiger partial charge < -0.3 is 0 Å². The van der Waals surface area contributed by atoms with Gasteiger partial charge in [0.25, 0.3) is 0 Å². The molecule has 2 aliphatic carbocycles. The van der Waals surface area contributed by atoms with Crippen LogP contribution in [-0.2, 0) is 4.79 Å². The van der Waals surface area contributed by atoms with Crippen LogP contribution in [0.25, 0.3) is 0 Å². The zero-order valence-corrected chi connectivity index (χ0v) is 11.0. The molecule has 0 aliphatic heterocycles. The number of hydrogen-bond donors (Lipinski definition) is 0. The third-order valence-corrected chi connectivity index (χ3v) is 5.20. The molecule has 0 amide bonds. The number of rotatable bonds is 0. The lowest BCUT2D eigenvalue weighted by molar-refractivity contribution is -0.123. The maximum absolute atomic E-state index is 11.8. The minimum atomic E-state index is 0.296. The Hall–Kier alpha value is -0.590. The van der Waals surface area contributed by atoms with Gasteiger partial charge >= 0.3 is 0 Å². The summed E-state index contributed by atoms with van der Waals surface area (Å²) in [4.78, 5) is 11.8. The Balaban J connectivity index is 2.18. The predicted octanol–water partition coefficient (Wildman–Crippen LogP) is 3.98. The van der Waals surface area contributed by atoms with Gasteiger partial charge in [-0.05, 0) is 50.9 Å². The lowest BCUT2D eigenvalue weighted by Gasteiger charge is -2.28. The summed E-state index contributed by atoms with van der Waals surface area (Å²) in [5.74, 6) is 3.01. The smallest absolute Gasteiger partial charge is 0.135 e. The minimum Gasteiger partial charge on any atom is -0.299 e. The van der Waals surface area contributed by atoms with Crippen molar-refractivity contribution in [3.05, 3.63) is 11.1 Å². The van der Waals surface area contributed by atoms with E-state index >= 15 is 0 Å². The molecular weight excluding hydrogens is 196 g/mol. The van der Waals surface area contributed by atoms with Crippen LogP contribution in [0.5, 0.6) is 0 Å². The molecule has 4 unspecified atom stereocenters. The van der Waals surface area contributed by atoms with E-state index in [-0.39, 0.29) is 0 Å². The first-order valence-electron chi connectivity index (χ1n) is 6.72. The van der Waals surface area contributed by atoms with Crippen molar-refractivity contribution in [2.75, 3.05) is 0 Å². The van der Waals surface area contributed by atoms with E-state index < -0.39 is 0 Å². The van der Waals surface area contributed by atoms with E-state index in [9.17, 15) is 4.79 Å². The van der Waals surface area contributed by atoms with Gasteiger partial charge in [-0.2, -0.15) is 0 Å². The molecule has 0 aromatic carbocycles. The Labute approximate surface area is 99.3 Å². The third-order valence-electron chi connectivity index (χ3n) is 5.20. The first kappa shape index (κ1) is 11.9. The number of hydrogen-bond acceptors (Lipinski definition) is 1. The second-order valence-corrected chi connectivity index (χ2v) is 5.91. The topological polar surface area (TPSA) is 17.1 Å². The van der Waals surface area contributed by atoms with Crippen LogP contribution < -0.4 is 0 Å². The summed E-state index contributed by atoms with van der Waals surface area (Å²) in [6.07, 6.45) is 4.25. The average molecular weight is 220 g/mol. The molecular formula is C15H24O. The molecule has 1 nitrogen and oxygen atoms in total. The highest BCUT2D eigenvalue weighted by atomic mass is 16.1. The van der Waals surface area contributed by atoms with Crippen LogP contribution in [0.1, 0.15) is 53.4 Å². The van der Waals surface area contributed by atoms with Crippen LogP contribution in [0.3, 0.4) is 0 Å². The van der Waals surface area contributed by atoms with Gasteiger partial charge in [0.2, 0.25) is 0 Å². The molecule has 0 aromatic rings. The summed E-state index contributed by atoms with van der Waals surface area (Å²) >= 11 is 0. The van der Waals surface area contributed by atoms with Crippen molar-refractivity contribution in [3.8, 4) is 0 Å². The van der Waals surface area contributed by atoms with Gasteiger partial charge in [0, 0.05) is 12.3 Å². The fourth-order valence-corrected chi connectivity index (χ4v) is 3.67. The van der Waals surface area contributed by atoms with Crippen LogP contribution in [-0.4, -0.2) is 5.78 Å². The molecule has 2 rings (SSSR count). The van der Waals surface area contributed by atoms with E-state index in [1.54, 1.807) is 11.1 Å². The standard InChI is InChI=1S/C15H24O/c1-9-5-6-13-11(3)10(2)12(4)14(13)7-8-15(9)16/h9,12-14H,5-8H2,1-4H3. The number of ketones is 1. The van der Waals surface area contributed by atoms with Crippen molar-refractivity contribution in [1.29, 1.82) is 0 Å². The van der Waals surface area contributed by atoms with Gasteiger partial charge in [-0.15, -0.1) is 0 Å². The minimum absolute atomic E-state index is 0.296. The van der Waals surface area contributed by atoms with Gasteiger partial charge in [-0.1, -0.05) is 25.0 Å². The second kappa shape index (κ2) is 4.35. The Kier molecular flexibility index (Phi) is 3.23. The molecule has 0 N–H and O–H groups in total. The van der Waals surface area contributed by atoms with Crippen LogP contribution in [0.15, 0.2) is 11.1 Å². The Morgan fingerprint density at radius 3 is 2.38 bits per heavy atom. The number of carbonyl (C=O) groups is 1. The maximum atomic E-state index is 11.8. The van der Waals surface area contributed by atoms with E-state index in [4.69, 9.17) is 0 Å². The lowest BCUT2D eigenvalue weighted by Crippen LogP contribution is -2.24. The van der Waals surface area contributed by atoms with Crippen LogP contribution in [0, 0.1) is 23.7 Å². The molecule has 1 heteroatoms. The second-order valence-electron chi connectivity index (χ2n) is 5.91. The third kappa shape index (κ3) is 1.85.